The Balaban J connectivity index is 1.57. The summed E-state index contributed by atoms with van der Waals surface area (Å²) < 4.78 is 80.1. The van der Waals surface area contributed by atoms with Gasteiger partial charge in [-0.1, -0.05) is 13.8 Å². The van der Waals surface area contributed by atoms with E-state index < -0.39 is 23.5 Å². The predicted octanol–water partition coefficient (Wildman–Crippen LogP) is 7.35. The van der Waals surface area contributed by atoms with Crippen molar-refractivity contribution in [3.8, 4) is 11.4 Å². The molecular formula is C28H26F6N6. The Morgan fingerprint density at radius 3 is 2.20 bits per heavy atom. The van der Waals surface area contributed by atoms with E-state index in [4.69, 9.17) is 0 Å². The first-order valence-electron chi connectivity index (χ1n) is 12.7. The van der Waals surface area contributed by atoms with Crippen molar-refractivity contribution in [3.05, 3.63) is 71.7 Å². The molecule has 1 fully saturated rings. The van der Waals surface area contributed by atoms with E-state index in [1.54, 1.807) is 0 Å². The third kappa shape index (κ3) is 6.16. The molecule has 0 radical (unpaired) electrons. The fourth-order valence-corrected chi connectivity index (χ4v) is 5.19. The van der Waals surface area contributed by atoms with Gasteiger partial charge in [0.15, 0.2) is 5.65 Å². The summed E-state index contributed by atoms with van der Waals surface area (Å²) in [6.45, 7) is 6.39. The summed E-state index contributed by atoms with van der Waals surface area (Å²) >= 11 is 0. The van der Waals surface area contributed by atoms with Crippen molar-refractivity contribution in [1.29, 1.82) is 0 Å². The summed E-state index contributed by atoms with van der Waals surface area (Å²) in [4.78, 5) is 19.8. The summed E-state index contributed by atoms with van der Waals surface area (Å²) in [6, 6.07) is 9.57. The second-order valence-corrected chi connectivity index (χ2v) is 10.3. The van der Waals surface area contributed by atoms with Gasteiger partial charge in [-0.2, -0.15) is 26.3 Å². The molecular weight excluding hydrogens is 534 g/mol. The number of likely N-dealkylation sites (tertiary alicyclic amines) is 1. The fourth-order valence-electron chi connectivity index (χ4n) is 5.19. The summed E-state index contributed by atoms with van der Waals surface area (Å²) in [5.74, 6) is 1.63. The van der Waals surface area contributed by atoms with Crippen LogP contribution in [0.2, 0.25) is 0 Å². The number of benzene rings is 1. The standard InChI is InChI=1S/C28H26F6N6/c1-16-12-17(2)14-40(13-16)15-23-38-25(36-19-7-5-18(6-8-19)27(29,30)31)20-9-10-22(37-26(20)39-23)24-21(28(32,33)34)4-3-11-35-24/h3-11,16-17H,12-15H2,1-2H3,(H,36,37,38,39). The Kier molecular flexibility index (Phi) is 7.38. The number of nitrogens with one attached hydrogen (secondary N) is 1. The average Bonchev–Trinajstić information content (AvgIpc) is 2.87. The highest BCUT2D eigenvalue weighted by Gasteiger charge is 2.35. The Bertz CT molecular complexity index is 1490. The molecule has 0 saturated carbocycles. The van der Waals surface area contributed by atoms with Crippen LogP contribution in [-0.2, 0) is 18.9 Å². The lowest BCUT2D eigenvalue weighted by Crippen LogP contribution is -2.38. The molecule has 1 aromatic carbocycles. The van der Waals surface area contributed by atoms with Gasteiger partial charge in [0.1, 0.15) is 17.3 Å². The molecule has 0 bridgehead atoms. The number of fused-ring (bicyclic) bond motifs is 1. The van der Waals surface area contributed by atoms with Gasteiger partial charge in [-0.3, -0.25) is 9.88 Å². The number of rotatable bonds is 5. The van der Waals surface area contributed by atoms with Gasteiger partial charge in [0.25, 0.3) is 0 Å². The molecule has 0 spiro atoms. The highest BCUT2D eigenvalue weighted by molar-refractivity contribution is 5.90. The molecule has 40 heavy (non-hydrogen) atoms. The van der Waals surface area contributed by atoms with Crippen molar-refractivity contribution in [2.45, 2.75) is 39.2 Å². The highest BCUT2D eigenvalue weighted by Crippen LogP contribution is 2.36. The maximum atomic E-state index is 13.7. The Hall–Kier alpha value is -3.80. The van der Waals surface area contributed by atoms with Gasteiger partial charge in [0.05, 0.1) is 28.8 Å². The summed E-state index contributed by atoms with van der Waals surface area (Å²) in [7, 11) is 0. The smallest absolute Gasteiger partial charge is 0.340 e. The molecule has 0 amide bonds. The van der Waals surface area contributed by atoms with Gasteiger partial charge in [0, 0.05) is 25.0 Å². The lowest BCUT2D eigenvalue weighted by Gasteiger charge is -2.34. The normalized spacial score (nSPS) is 18.7. The van der Waals surface area contributed by atoms with Crippen LogP contribution >= 0.6 is 0 Å². The molecule has 5 rings (SSSR count). The molecule has 2 atom stereocenters. The second-order valence-electron chi connectivity index (χ2n) is 10.3. The first kappa shape index (κ1) is 27.8. The number of hydrogen-bond acceptors (Lipinski definition) is 6. The lowest BCUT2D eigenvalue weighted by molar-refractivity contribution is -0.138. The minimum absolute atomic E-state index is 0.00854. The van der Waals surface area contributed by atoms with E-state index in [0.717, 1.165) is 37.7 Å². The van der Waals surface area contributed by atoms with Crippen LogP contribution in [0, 0.1) is 11.8 Å². The van der Waals surface area contributed by atoms with E-state index in [1.165, 1.54) is 36.5 Å². The molecule has 12 heteroatoms. The van der Waals surface area contributed by atoms with Crippen LogP contribution in [0.3, 0.4) is 0 Å². The largest absolute Gasteiger partial charge is 0.418 e. The third-order valence-electron chi connectivity index (χ3n) is 6.75. The third-order valence-corrected chi connectivity index (χ3v) is 6.75. The van der Waals surface area contributed by atoms with E-state index >= 15 is 0 Å². The summed E-state index contributed by atoms with van der Waals surface area (Å²) in [5.41, 5.74) is -1.54. The number of pyridine rings is 2. The van der Waals surface area contributed by atoms with Crippen LogP contribution in [0.25, 0.3) is 22.4 Å². The quantitative estimate of drug-likeness (QED) is 0.258. The summed E-state index contributed by atoms with van der Waals surface area (Å²) in [6.07, 6.45) is -6.74. The Morgan fingerprint density at radius 1 is 0.850 bits per heavy atom. The fraction of sp³-hybridized carbons (Fsp3) is 0.357. The lowest BCUT2D eigenvalue weighted by atomic mass is 9.92. The van der Waals surface area contributed by atoms with Crippen LogP contribution in [0.4, 0.5) is 37.8 Å². The van der Waals surface area contributed by atoms with E-state index in [-0.39, 0.29) is 22.9 Å². The number of hydrogen-bond donors (Lipinski definition) is 1. The van der Waals surface area contributed by atoms with Crippen molar-refractivity contribution >= 4 is 22.5 Å². The van der Waals surface area contributed by atoms with Crippen molar-refractivity contribution < 1.29 is 26.3 Å². The zero-order valence-electron chi connectivity index (χ0n) is 21.7. The second kappa shape index (κ2) is 10.6. The van der Waals surface area contributed by atoms with Gasteiger partial charge in [0.2, 0.25) is 0 Å². The molecule has 1 aliphatic heterocycles. The number of anilines is 2. The van der Waals surface area contributed by atoms with Crippen LogP contribution < -0.4 is 5.32 Å². The van der Waals surface area contributed by atoms with Crippen molar-refractivity contribution in [1.82, 2.24) is 24.8 Å². The predicted molar refractivity (Wildman–Crippen MR) is 139 cm³/mol. The zero-order valence-corrected chi connectivity index (χ0v) is 21.7. The Labute approximate surface area is 226 Å². The molecule has 1 saturated heterocycles. The number of nitrogens with zero attached hydrogens (tertiary/aromatic N) is 5. The number of aromatic nitrogens is 4. The molecule has 3 aromatic heterocycles. The molecule has 210 valence electrons. The van der Waals surface area contributed by atoms with Crippen LogP contribution in [-0.4, -0.2) is 37.9 Å². The molecule has 6 nitrogen and oxygen atoms in total. The maximum absolute atomic E-state index is 13.7. The van der Waals surface area contributed by atoms with Crippen LogP contribution in [0.15, 0.2) is 54.7 Å². The Morgan fingerprint density at radius 2 is 1.55 bits per heavy atom. The SMILES string of the molecule is CC1CC(C)CN(Cc2nc(Nc3ccc(C(F)(F)F)cc3)c3ccc(-c4ncccc4C(F)(F)F)nc3n2)C1. The molecule has 1 aliphatic rings. The monoisotopic (exact) mass is 560 g/mol. The van der Waals surface area contributed by atoms with E-state index in [1.807, 2.05) is 0 Å². The molecule has 4 heterocycles. The number of alkyl halides is 6. The van der Waals surface area contributed by atoms with E-state index in [0.29, 0.717) is 35.3 Å². The molecule has 2 unspecified atom stereocenters. The maximum Gasteiger partial charge on any atom is 0.418 e. The summed E-state index contributed by atoms with van der Waals surface area (Å²) in [5, 5.41) is 3.44. The van der Waals surface area contributed by atoms with Gasteiger partial charge in [-0.15, -0.1) is 0 Å². The van der Waals surface area contributed by atoms with Gasteiger partial charge in [-0.05, 0) is 66.8 Å². The highest BCUT2D eigenvalue weighted by atomic mass is 19.4. The van der Waals surface area contributed by atoms with Crippen LogP contribution in [0.5, 0.6) is 0 Å². The van der Waals surface area contributed by atoms with E-state index in [9.17, 15) is 26.3 Å². The average molecular weight is 561 g/mol. The zero-order chi connectivity index (χ0) is 28.7. The minimum Gasteiger partial charge on any atom is -0.340 e. The van der Waals surface area contributed by atoms with Crippen molar-refractivity contribution in [2.75, 3.05) is 18.4 Å². The first-order chi connectivity index (χ1) is 18.9. The van der Waals surface area contributed by atoms with Gasteiger partial charge < -0.3 is 5.32 Å². The first-order valence-corrected chi connectivity index (χ1v) is 12.7. The minimum atomic E-state index is -4.63. The molecule has 0 aliphatic carbocycles. The van der Waals surface area contributed by atoms with Crippen molar-refractivity contribution in [2.24, 2.45) is 11.8 Å². The van der Waals surface area contributed by atoms with Crippen molar-refractivity contribution in [3.63, 3.8) is 0 Å². The molecule has 4 aromatic rings. The topological polar surface area (TPSA) is 66.8 Å². The van der Waals surface area contributed by atoms with E-state index in [2.05, 4.69) is 44.0 Å². The van der Waals surface area contributed by atoms with Gasteiger partial charge in [-0.25, -0.2) is 15.0 Å². The van der Waals surface area contributed by atoms with Gasteiger partial charge >= 0.3 is 12.4 Å². The van der Waals surface area contributed by atoms with Crippen LogP contribution in [0.1, 0.15) is 37.2 Å². The number of piperidine rings is 1. The molecule has 1 N–H and O–H groups in total. The number of halogens is 6.